The molecule has 0 saturated carbocycles. The summed E-state index contributed by atoms with van der Waals surface area (Å²) in [5.74, 6) is 0.723. The number of nitrogens with zero attached hydrogens (tertiary/aromatic N) is 1. The van der Waals surface area contributed by atoms with Crippen molar-refractivity contribution in [1.82, 2.24) is 0 Å². The van der Waals surface area contributed by atoms with Crippen molar-refractivity contribution in [2.45, 2.75) is 0 Å². The van der Waals surface area contributed by atoms with Crippen LogP contribution in [-0.4, -0.2) is 11.2 Å². The van der Waals surface area contributed by atoms with Crippen molar-refractivity contribution in [3.05, 3.63) is 62.1 Å². The molecular formula is C13H7Cl2NO4. The molecule has 0 atom stereocenters. The monoisotopic (exact) mass is 311 g/mol. The molecule has 0 heterocycles. The number of carbonyl (C=O) groups is 1. The van der Waals surface area contributed by atoms with E-state index in [1.807, 2.05) is 0 Å². The predicted molar refractivity (Wildman–Crippen MR) is 75.0 cm³/mol. The first-order chi connectivity index (χ1) is 9.51. The second kappa shape index (κ2) is 5.90. The Hall–Kier alpha value is -2.11. The smallest absolute Gasteiger partial charge is 0.288 e. The molecular weight excluding hydrogens is 305 g/mol. The molecule has 102 valence electrons. The van der Waals surface area contributed by atoms with Gasteiger partial charge in [0.15, 0.2) is 6.29 Å². The van der Waals surface area contributed by atoms with E-state index in [2.05, 4.69) is 0 Å². The van der Waals surface area contributed by atoms with Gasteiger partial charge in [0.05, 0.1) is 9.95 Å². The maximum atomic E-state index is 10.6. The number of hydrogen-bond donors (Lipinski definition) is 0. The van der Waals surface area contributed by atoms with Gasteiger partial charge in [-0.25, -0.2) is 0 Å². The third-order valence-electron chi connectivity index (χ3n) is 2.45. The minimum atomic E-state index is -0.581. The summed E-state index contributed by atoms with van der Waals surface area (Å²) in [6.45, 7) is 0. The van der Waals surface area contributed by atoms with Crippen LogP contribution in [0.4, 0.5) is 5.69 Å². The van der Waals surface area contributed by atoms with Gasteiger partial charge in [-0.2, -0.15) is 0 Å². The molecule has 0 fully saturated rings. The van der Waals surface area contributed by atoms with Crippen molar-refractivity contribution >= 4 is 35.2 Å². The first-order valence-corrected chi connectivity index (χ1v) is 6.13. The molecule has 2 rings (SSSR count). The zero-order valence-corrected chi connectivity index (χ0v) is 11.4. The van der Waals surface area contributed by atoms with Crippen LogP contribution in [0.2, 0.25) is 10.0 Å². The number of nitro groups is 1. The highest BCUT2D eigenvalue weighted by molar-refractivity contribution is 6.33. The minimum Gasteiger partial charge on any atom is -0.457 e. The van der Waals surface area contributed by atoms with Gasteiger partial charge in [-0.05, 0) is 18.2 Å². The van der Waals surface area contributed by atoms with E-state index in [-0.39, 0.29) is 15.7 Å². The van der Waals surface area contributed by atoms with Gasteiger partial charge >= 0.3 is 0 Å². The molecule has 2 aromatic rings. The Morgan fingerprint density at radius 1 is 1.05 bits per heavy atom. The van der Waals surface area contributed by atoms with E-state index >= 15 is 0 Å². The number of rotatable bonds is 4. The first-order valence-electron chi connectivity index (χ1n) is 5.38. The number of hydrogen-bond acceptors (Lipinski definition) is 4. The summed E-state index contributed by atoms with van der Waals surface area (Å²) in [6, 6.07) is 8.55. The van der Waals surface area contributed by atoms with Crippen LogP contribution in [-0.2, 0) is 0 Å². The van der Waals surface area contributed by atoms with Crippen molar-refractivity contribution in [3.8, 4) is 11.5 Å². The molecule has 0 amide bonds. The Bertz CT molecular complexity index is 688. The van der Waals surface area contributed by atoms with Crippen LogP contribution in [0.3, 0.4) is 0 Å². The van der Waals surface area contributed by atoms with Gasteiger partial charge in [0, 0.05) is 23.8 Å². The van der Waals surface area contributed by atoms with Crippen molar-refractivity contribution in [2.24, 2.45) is 0 Å². The zero-order valence-electron chi connectivity index (χ0n) is 9.88. The fourth-order valence-electron chi connectivity index (χ4n) is 1.50. The Morgan fingerprint density at radius 3 is 2.15 bits per heavy atom. The Balaban J connectivity index is 2.26. The van der Waals surface area contributed by atoms with Crippen LogP contribution in [0, 0.1) is 10.1 Å². The van der Waals surface area contributed by atoms with Crippen molar-refractivity contribution in [1.29, 1.82) is 0 Å². The van der Waals surface area contributed by atoms with Crippen LogP contribution in [0.25, 0.3) is 0 Å². The molecule has 0 aliphatic rings. The average molecular weight is 312 g/mol. The van der Waals surface area contributed by atoms with Gasteiger partial charge in [0.1, 0.15) is 16.5 Å². The highest BCUT2D eigenvalue weighted by atomic mass is 35.5. The van der Waals surface area contributed by atoms with Crippen molar-refractivity contribution in [3.63, 3.8) is 0 Å². The standard InChI is InChI=1S/C13H7Cl2NO4/c14-11-5-9(2-1-8(11)7-17)20-10-3-4-13(16(18)19)12(15)6-10/h1-7H. The Kier molecular flexibility index (Phi) is 4.22. The number of carbonyl (C=O) groups excluding carboxylic acids is 1. The third-order valence-corrected chi connectivity index (χ3v) is 3.08. The third kappa shape index (κ3) is 3.07. The van der Waals surface area contributed by atoms with Crippen LogP contribution >= 0.6 is 23.2 Å². The van der Waals surface area contributed by atoms with E-state index in [4.69, 9.17) is 27.9 Å². The van der Waals surface area contributed by atoms with Gasteiger partial charge in [0.25, 0.3) is 5.69 Å². The maximum absolute atomic E-state index is 10.6. The SMILES string of the molecule is O=Cc1ccc(Oc2ccc([N+](=O)[O-])c(Cl)c2)cc1Cl. The highest BCUT2D eigenvalue weighted by Crippen LogP contribution is 2.32. The number of aldehydes is 1. The van der Waals surface area contributed by atoms with Gasteiger partial charge in [-0.15, -0.1) is 0 Å². The summed E-state index contributed by atoms with van der Waals surface area (Å²) >= 11 is 11.6. The molecule has 0 N–H and O–H groups in total. The molecule has 20 heavy (non-hydrogen) atoms. The quantitative estimate of drug-likeness (QED) is 0.473. The number of ether oxygens (including phenoxy) is 1. The first kappa shape index (κ1) is 14.3. The van der Waals surface area contributed by atoms with E-state index in [0.29, 0.717) is 23.3 Å². The summed E-state index contributed by atoms with van der Waals surface area (Å²) in [7, 11) is 0. The summed E-state index contributed by atoms with van der Waals surface area (Å²) in [5, 5.41) is 10.9. The van der Waals surface area contributed by atoms with E-state index in [1.54, 1.807) is 6.07 Å². The topological polar surface area (TPSA) is 69.4 Å². The second-order valence-electron chi connectivity index (χ2n) is 3.77. The lowest BCUT2D eigenvalue weighted by Crippen LogP contribution is -1.91. The van der Waals surface area contributed by atoms with Crippen LogP contribution in [0.15, 0.2) is 36.4 Å². The second-order valence-corrected chi connectivity index (χ2v) is 4.59. The molecule has 0 bridgehead atoms. The summed E-state index contributed by atoms with van der Waals surface area (Å²) < 4.78 is 5.47. The molecule has 0 aliphatic carbocycles. The minimum absolute atomic E-state index is 0.0249. The summed E-state index contributed by atoms with van der Waals surface area (Å²) in [5.41, 5.74) is 0.147. The van der Waals surface area contributed by atoms with Crippen LogP contribution in [0.1, 0.15) is 10.4 Å². The zero-order chi connectivity index (χ0) is 14.7. The predicted octanol–water partition coefficient (Wildman–Crippen LogP) is 4.51. The Morgan fingerprint density at radius 2 is 1.65 bits per heavy atom. The van der Waals surface area contributed by atoms with E-state index in [0.717, 1.165) is 0 Å². The van der Waals surface area contributed by atoms with Crippen molar-refractivity contribution < 1.29 is 14.5 Å². The van der Waals surface area contributed by atoms with Gasteiger partial charge in [-0.3, -0.25) is 14.9 Å². The molecule has 2 aromatic carbocycles. The molecule has 5 nitrogen and oxygen atoms in total. The van der Waals surface area contributed by atoms with Crippen LogP contribution < -0.4 is 4.74 Å². The number of benzene rings is 2. The lowest BCUT2D eigenvalue weighted by Gasteiger charge is -2.07. The number of halogens is 2. The fourth-order valence-corrected chi connectivity index (χ4v) is 1.96. The highest BCUT2D eigenvalue weighted by Gasteiger charge is 2.13. The maximum Gasteiger partial charge on any atom is 0.288 e. The molecule has 0 saturated heterocycles. The van der Waals surface area contributed by atoms with Crippen molar-refractivity contribution in [2.75, 3.05) is 0 Å². The molecule has 0 radical (unpaired) electrons. The number of nitro benzene ring substituents is 1. The average Bonchev–Trinajstić information content (AvgIpc) is 2.38. The van der Waals surface area contributed by atoms with E-state index in [1.165, 1.54) is 30.3 Å². The van der Waals surface area contributed by atoms with Gasteiger partial charge in [-0.1, -0.05) is 23.2 Å². The van der Waals surface area contributed by atoms with E-state index < -0.39 is 4.92 Å². The van der Waals surface area contributed by atoms with E-state index in [9.17, 15) is 14.9 Å². The largest absolute Gasteiger partial charge is 0.457 e. The lowest BCUT2D eigenvalue weighted by molar-refractivity contribution is -0.384. The van der Waals surface area contributed by atoms with Gasteiger partial charge < -0.3 is 4.74 Å². The molecule has 7 heteroatoms. The molecule has 0 aliphatic heterocycles. The van der Waals surface area contributed by atoms with Crippen LogP contribution in [0.5, 0.6) is 11.5 Å². The summed E-state index contributed by atoms with van der Waals surface area (Å²) in [6.07, 6.45) is 0.634. The normalized spacial score (nSPS) is 10.1. The molecule has 0 unspecified atom stereocenters. The fraction of sp³-hybridized carbons (Fsp3) is 0. The molecule has 0 spiro atoms. The molecule has 0 aromatic heterocycles. The Labute approximate surface area is 123 Å². The lowest BCUT2D eigenvalue weighted by atomic mass is 10.2. The van der Waals surface area contributed by atoms with Gasteiger partial charge in [0.2, 0.25) is 0 Å². The summed E-state index contributed by atoms with van der Waals surface area (Å²) in [4.78, 5) is 20.7.